The molecule has 0 atom stereocenters. The normalized spacial score (nSPS) is 15.8. The molecule has 5 heteroatoms. The third kappa shape index (κ3) is 3.54. The van der Waals surface area contributed by atoms with Crippen LogP contribution in [-0.2, 0) is 22.9 Å². The molecule has 4 nitrogen and oxygen atoms in total. The molecule has 0 bridgehead atoms. The molecule has 0 amide bonds. The Balaban J connectivity index is 1.89. The summed E-state index contributed by atoms with van der Waals surface area (Å²) in [6, 6.07) is 8.18. The fourth-order valence-corrected chi connectivity index (χ4v) is 3.71. The van der Waals surface area contributed by atoms with Gasteiger partial charge in [-0.15, -0.1) is 0 Å². The summed E-state index contributed by atoms with van der Waals surface area (Å²) < 4.78 is 26.6. The zero-order chi connectivity index (χ0) is 13.0. The van der Waals surface area contributed by atoms with Crippen LogP contribution in [0, 0.1) is 0 Å². The number of hydrogen-bond donors (Lipinski definition) is 2. The van der Waals surface area contributed by atoms with E-state index in [4.69, 9.17) is 0 Å². The lowest BCUT2D eigenvalue weighted by molar-refractivity contribution is 0.552. The van der Waals surface area contributed by atoms with Gasteiger partial charge < -0.3 is 5.32 Å². The summed E-state index contributed by atoms with van der Waals surface area (Å²) in [4.78, 5) is 0. The Kier molecular flexibility index (Phi) is 4.37. The Morgan fingerprint density at radius 3 is 2.39 bits per heavy atom. The predicted molar refractivity (Wildman–Crippen MR) is 73.1 cm³/mol. The molecule has 0 saturated carbocycles. The summed E-state index contributed by atoms with van der Waals surface area (Å²) in [5.74, 6) is 0.195. The minimum Gasteiger partial charge on any atom is -0.320 e. The van der Waals surface area contributed by atoms with E-state index in [0.717, 1.165) is 19.4 Å². The lowest BCUT2D eigenvalue weighted by Crippen LogP contribution is -2.37. The minimum absolute atomic E-state index is 0.0296. The highest BCUT2D eigenvalue weighted by Crippen LogP contribution is 2.22. The molecular formula is C13H20N2O2S. The molecule has 1 aliphatic rings. The van der Waals surface area contributed by atoms with E-state index in [-0.39, 0.29) is 11.8 Å². The van der Waals surface area contributed by atoms with Crippen molar-refractivity contribution in [1.29, 1.82) is 0 Å². The molecule has 0 fully saturated rings. The first-order valence-corrected chi connectivity index (χ1v) is 7.97. The number of nitrogens with one attached hydrogen (secondary N) is 2. The highest BCUT2D eigenvalue weighted by molar-refractivity contribution is 7.89. The van der Waals surface area contributed by atoms with Crippen LogP contribution in [0.5, 0.6) is 0 Å². The van der Waals surface area contributed by atoms with Crippen molar-refractivity contribution in [3.05, 3.63) is 35.4 Å². The van der Waals surface area contributed by atoms with Crippen molar-refractivity contribution in [1.82, 2.24) is 10.0 Å². The molecule has 0 heterocycles. The van der Waals surface area contributed by atoms with Crippen molar-refractivity contribution < 1.29 is 8.42 Å². The van der Waals surface area contributed by atoms with E-state index in [1.807, 2.05) is 19.2 Å². The molecular weight excluding hydrogens is 248 g/mol. The molecule has 1 aromatic carbocycles. The molecule has 2 N–H and O–H groups in total. The maximum absolute atomic E-state index is 11.9. The van der Waals surface area contributed by atoms with Crippen LogP contribution in [0.1, 0.15) is 17.5 Å². The molecule has 0 spiro atoms. The molecule has 2 rings (SSSR count). The van der Waals surface area contributed by atoms with Gasteiger partial charge in [0.1, 0.15) is 0 Å². The van der Waals surface area contributed by atoms with Crippen LogP contribution in [0.15, 0.2) is 24.3 Å². The van der Waals surface area contributed by atoms with Crippen LogP contribution in [0.25, 0.3) is 0 Å². The molecule has 0 aliphatic heterocycles. The van der Waals surface area contributed by atoms with E-state index in [9.17, 15) is 8.42 Å². The van der Waals surface area contributed by atoms with Gasteiger partial charge in [-0.1, -0.05) is 24.3 Å². The van der Waals surface area contributed by atoms with Crippen LogP contribution in [0.4, 0.5) is 0 Å². The maximum atomic E-state index is 11.9. The smallest absolute Gasteiger partial charge is 0.211 e. The Morgan fingerprint density at radius 1 is 1.22 bits per heavy atom. The van der Waals surface area contributed by atoms with Gasteiger partial charge in [-0.05, 0) is 44.0 Å². The Hall–Kier alpha value is -0.910. The van der Waals surface area contributed by atoms with Crippen LogP contribution < -0.4 is 10.0 Å². The van der Waals surface area contributed by atoms with E-state index in [1.165, 1.54) is 11.1 Å². The Bertz CT molecular complexity index is 474. The summed E-state index contributed by atoms with van der Waals surface area (Å²) in [6.07, 6.45) is 2.26. The van der Waals surface area contributed by atoms with Gasteiger partial charge in [-0.25, -0.2) is 13.1 Å². The molecule has 0 radical (unpaired) electrons. The van der Waals surface area contributed by atoms with Crippen molar-refractivity contribution >= 4 is 10.0 Å². The van der Waals surface area contributed by atoms with Crippen LogP contribution in [0.2, 0.25) is 0 Å². The summed E-state index contributed by atoms with van der Waals surface area (Å²) in [7, 11) is -1.32. The third-order valence-electron chi connectivity index (χ3n) is 3.24. The summed E-state index contributed by atoms with van der Waals surface area (Å²) in [5, 5.41) is 2.96. The quantitative estimate of drug-likeness (QED) is 0.746. The highest BCUT2D eigenvalue weighted by atomic mass is 32.2. The van der Waals surface area contributed by atoms with Crippen LogP contribution in [-0.4, -0.2) is 33.8 Å². The first-order chi connectivity index (χ1) is 8.61. The van der Waals surface area contributed by atoms with E-state index in [0.29, 0.717) is 6.42 Å². The van der Waals surface area contributed by atoms with Gasteiger partial charge in [-0.2, -0.15) is 0 Å². The fourth-order valence-electron chi connectivity index (χ4n) is 2.39. The van der Waals surface area contributed by atoms with Gasteiger partial charge >= 0.3 is 0 Å². The van der Waals surface area contributed by atoms with Crippen molar-refractivity contribution in [2.24, 2.45) is 0 Å². The number of rotatable bonds is 6. The van der Waals surface area contributed by atoms with E-state index in [2.05, 4.69) is 22.2 Å². The monoisotopic (exact) mass is 268 g/mol. The predicted octanol–water partition coefficient (Wildman–Crippen LogP) is 0.683. The minimum atomic E-state index is -3.14. The Morgan fingerprint density at radius 2 is 1.83 bits per heavy atom. The van der Waals surface area contributed by atoms with Gasteiger partial charge in [0.25, 0.3) is 0 Å². The topological polar surface area (TPSA) is 58.2 Å². The molecule has 0 unspecified atom stereocenters. The lowest BCUT2D eigenvalue weighted by Gasteiger charge is -2.12. The van der Waals surface area contributed by atoms with E-state index < -0.39 is 10.0 Å². The first-order valence-electron chi connectivity index (χ1n) is 6.32. The Labute approximate surface area is 109 Å². The van der Waals surface area contributed by atoms with Crippen molar-refractivity contribution in [3.8, 4) is 0 Å². The van der Waals surface area contributed by atoms with E-state index in [1.54, 1.807) is 0 Å². The highest BCUT2D eigenvalue weighted by Gasteiger charge is 2.24. The average molecular weight is 268 g/mol. The van der Waals surface area contributed by atoms with Gasteiger partial charge in [0, 0.05) is 6.04 Å². The van der Waals surface area contributed by atoms with E-state index >= 15 is 0 Å². The second kappa shape index (κ2) is 5.82. The second-order valence-corrected chi connectivity index (χ2v) is 6.64. The van der Waals surface area contributed by atoms with Gasteiger partial charge in [-0.3, -0.25) is 0 Å². The largest absolute Gasteiger partial charge is 0.320 e. The SMILES string of the molecule is CNCCCS(=O)(=O)NC1Cc2ccccc2C1. The van der Waals surface area contributed by atoms with Crippen molar-refractivity contribution in [2.75, 3.05) is 19.3 Å². The molecule has 1 aliphatic carbocycles. The van der Waals surface area contributed by atoms with Gasteiger partial charge in [0.05, 0.1) is 5.75 Å². The van der Waals surface area contributed by atoms with Crippen LogP contribution >= 0.6 is 0 Å². The first kappa shape index (κ1) is 13.5. The second-order valence-electron chi connectivity index (χ2n) is 4.77. The van der Waals surface area contributed by atoms with Crippen molar-refractivity contribution in [2.45, 2.75) is 25.3 Å². The standard InChI is InChI=1S/C13H20N2O2S/c1-14-7-4-8-18(16,17)15-13-9-11-5-2-3-6-12(11)10-13/h2-3,5-6,13-15H,4,7-10H2,1H3. The number of fused-ring (bicyclic) bond motifs is 1. The number of sulfonamides is 1. The maximum Gasteiger partial charge on any atom is 0.211 e. The zero-order valence-electron chi connectivity index (χ0n) is 10.6. The third-order valence-corrected chi connectivity index (χ3v) is 4.76. The van der Waals surface area contributed by atoms with Crippen LogP contribution in [0.3, 0.4) is 0 Å². The number of benzene rings is 1. The lowest BCUT2D eigenvalue weighted by atomic mass is 10.1. The molecule has 100 valence electrons. The summed E-state index contributed by atoms with van der Waals surface area (Å²) in [5.41, 5.74) is 2.53. The fraction of sp³-hybridized carbons (Fsp3) is 0.538. The van der Waals surface area contributed by atoms with Crippen molar-refractivity contribution in [3.63, 3.8) is 0 Å². The molecule has 18 heavy (non-hydrogen) atoms. The summed E-state index contributed by atoms with van der Waals surface area (Å²) >= 11 is 0. The average Bonchev–Trinajstić information content (AvgIpc) is 2.70. The number of hydrogen-bond acceptors (Lipinski definition) is 3. The molecule has 0 saturated heterocycles. The molecule has 1 aromatic rings. The zero-order valence-corrected chi connectivity index (χ0v) is 11.5. The molecule has 0 aromatic heterocycles. The van der Waals surface area contributed by atoms with Gasteiger partial charge in [0.15, 0.2) is 0 Å². The van der Waals surface area contributed by atoms with Gasteiger partial charge in [0.2, 0.25) is 10.0 Å². The summed E-state index contributed by atoms with van der Waals surface area (Å²) in [6.45, 7) is 0.728.